The Hall–Kier alpha value is -5.31. The number of pyridine rings is 3. The second kappa shape index (κ2) is 11.6. The summed E-state index contributed by atoms with van der Waals surface area (Å²) in [4.78, 5) is 46.7. The van der Waals surface area contributed by atoms with Crippen molar-refractivity contribution in [3.05, 3.63) is 113 Å². The number of benzene rings is 2. The molecule has 5 aromatic rings. The average molecular weight is 535 g/mol. The third-order valence-electron chi connectivity index (χ3n) is 6.56. The fraction of sp³-hybridized carbons (Fsp3) is 0.129. The van der Waals surface area contributed by atoms with Gasteiger partial charge in [-0.25, -0.2) is 4.98 Å². The van der Waals surface area contributed by atoms with Crippen molar-refractivity contribution in [3.63, 3.8) is 0 Å². The van der Waals surface area contributed by atoms with Gasteiger partial charge in [0.25, 0.3) is 11.5 Å². The first-order valence-corrected chi connectivity index (χ1v) is 12.7. The third kappa shape index (κ3) is 5.44. The van der Waals surface area contributed by atoms with Crippen LogP contribution >= 0.6 is 0 Å². The number of carbonyl (C=O) groups excluding carboxylic acids is 1. The van der Waals surface area contributed by atoms with Crippen molar-refractivity contribution in [1.29, 1.82) is 0 Å². The van der Waals surface area contributed by atoms with E-state index in [2.05, 4.69) is 15.3 Å². The molecule has 1 amide bonds. The number of carboxylic acid groups (broad SMARTS) is 1. The number of aromatic hydroxyl groups is 1. The fourth-order valence-electron chi connectivity index (χ4n) is 4.61. The molecule has 0 unspecified atom stereocenters. The number of hydrogen-bond donors (Lipinski definition) is 3. The van der Waals surface area contributed by atoms with E-state index in [1.54, 1.807) is 35.2 Å². The van der Waals surface area contributed by atoms with Crippen LogP contribution < -0.4 is 10.9 Å². The SMILES string of the molecule is O=C(O)CCNC(=O)c1nc(-c2ccncc2)c2c(cc(-c3ccccc3)c(=O)n2CCc2ccccc2)c1O. The maximum atomic E-state index is 14.0. The minimum Gasteiger partial charge on any atom is -0.505 e. The molecule has 9 heteroatoms. The molecule has 40 heavy (non-hydrogen) atoms. The highest BCUT2D eigenvalue weighted by molar-refractivity contribution is 6.06. The predicted molar refractivity (Wildman–Crippen MR) is 151 cm³/mol. The fourth-order valence-corrected chi connectivity index (χ4v) is 4.61. The maximum absolute atomic E-state index is 14.0. The van der Waals surface area contributed by atoms with Crippen LogP contribution in [-0.2, 0) is 17.8 Å². The van der Waals surface area contributed by atoms with Crippen molar-refractivity contribution in [2.24, 2.45) is 0 Å². The Morgan fingerprint density at radius 1 is 0.900 bits per heavy atom. The summed E-state index contributed by atoms with van der Waals surface area (Å²) < 4.78 is 1.60. The van der Waals surface area contributed by atoms with E-state index in [1.165, 1.54) is 0 Å². The smallest absolute Gasteiger partial charge is 0.305 e. The number of carbonyl (C=O) groups is 2. The first-order valence-electron chi connectivity index (χ1n) is 12.7. The van der Waals surface area contributed by atoms with Crippen LogP contribution in [0.4, 0.5) is 0 Å². The largest absolute Gasteiger partial charge is 0.505 e. The molecular formula is C31H26N4O5. The normalized spacial score (nSPS) is 10.9. The van der Waals surface area contributed by atoms with E-state index < -0.39 is 17.6 Å². The molecule has 0 aliphatic heterocycles. The number of nitrogens with zero attached hydrogens (tertiary/aromatic N) is 3. The van der Waals surface area contributed by atoms with Crippen LogP contribution in [0.25, 0.3) is 33.3 Å². The first-order chi connectivity index (χ1) is 19.4. The molecule has 0 atom stereocenters. The standard InChI is InChI=1S/C31H26N4O5/c36-25(37)13-17-33-30(39)27-29(38)24-19-23(21-9-5-2-6-10-21)31(40)35(18-14-20-7-3-1-4-8-20)28(24)26(34-27)22-11-15-32-16-12-22/h1-12,15-16,19,38H,13-14,17-18H2,(H,33,39)(H,36,37). The molecule has 3 heterocycles. The van der Waals surface area contributed by atoms with Crippen molar-refractivity contribution in [1.82, 2.24) is 19.9 Å². The van der Waals surface area contributed by atoms with E-state index in [0.717, 1.165) is 5.56 Å². The summed E-state index contributed by atoms with van der Waals surface area (Å²) in [5.74, 6) is -2.19. The molecule has 0 radical (unpaired) electrons. The van der Waals surface area contributed by atoms with Crippen LogP contribution in [0.5, 0.6) is 5.75 Å². The van der Waals surface area contributed by atoms with E-state index in [1.807, 2.05) is 60.7 Å². The number of aliphatic carboxylic acids is 1. The van der Waals surface area contributed by atoms with Gasteiger partial charge in [-0.1, -0.05) is 60.7 Å². The number of carboxylic acids is 1. The summed E-state index contributed by atoms with van der Waals surface area (Å²) in [7, 11) is 0. The molecule has 3 aromatic heterocycles. The lowest BCUT2D eigenvalue weighted by Crippen LogP contribution is -2.28. The molecule has 0 aliphatic rings. The number of hydrogen-bond acceptors (Lipinski definition) is 6. The van der Waals surface area contributed by atoms with E-state index in [0.29, 0.717) is 40.9 Å². The highest BCUT2D eigenvalue weighted by Crippen LogP contribution is 2.36. The molecule has 2 aromatic carbocycles. The molecule has 0 saturated carbocycles. The maximum Gasteiger partial charge on any atom is 0.305 e. The van der Waals surface area contributed by atoms with Gasteiger partial charge in [0.1, 0.15) is 0 Å². The van der Waals surface area contributed by atoms with E-state index in [4.69, 9.17) is 5.11 Å². The highest BCUT2D eigenvalue weighted by Gasteiger charge is 2.24. The molecule has 0 aliphatic carbocycles. The molecule has 9 nitrogen and oxygen atoms in total. The number of fused-ring (bicyclic) bond motifs is 1. The quantitative estimate of drug-likeness (QED) is 0.257. The molecule has 0 saturated heterocycles. The van der Waals surface area contributed by atoms with Gasteiger partial charge in [0.2, 0.25) is 0 Å². The van der Waals surface area contributed by atoms with Crippen molar-refractivity contribution < 1.29 is 19.8 Å². The number of aromatic nitrogens is 3. The minimum atomic E-state index is -1.07. The number of rotatable bonds is 9. The van der Waals surface area contributed by atoms with Crippen molar-refractivity contribution in [2.75, 3.05) is 6.54 Å². The van der Waals surface area contributed by atoms with Gasteiger partial charge in [-0.3, -0.25) is 19.4 Å². The zero-order valence-electron chi connectivity index (χ0n) is 21.4. The summed E-state index contributed by atoms with van der Waals surface area (Å²) in [5, 5.41) is 23.1. The highest BCUT2D eigenvalue weighted by atomic mass is 16.4. The Morgan fingerprint density at radius 2 is 1.57 bits per heavy atom. The van der Waals surface area contributed by atoms with Crippen molar-refractivity contribution in [2.45, 2.75) is 19.4 Å². The van der Waals surface area contributed by atoms with Gasteiger partial charge in [-0.05, 0) is 35.7 Å². The number of amides is 1. The monoisotopic (exact) mass is 534 g/mol. The van der Waals surface area contributed by atoms with Crippen LogP contribution in [0.15, 0.2) is 96.1 Å². The molecule has 5 rings (SSSR count). The Bertz CT molecular complexity index is 1740. The van der Waals surface area contributed by atoms with Crippen LogP contribution in [0, 0.1) is 0 Å². The lowest BCUT2D eigenvalue weighted by molar-refractivity contribution is -0.136. The number of nitrogens with one attached hydrogen (secondary N) is 1. The zero-order valence-corrected chi connectivity index (χ0v) is 21.4. The van der Waals surface area contributed by atoms with Gasteiger partial charge in [0, 0.05) is 42.0 Å². The lowest BCUT2D eigenvalue weighted by Gasteiger charge is -2.19. The number of aryl methyl sites for hydroxylation is 2. The molecule has 200 valence electrons. The van der Waals surface area contributed by atoms with Gasteiger partial charge in [-0.2, -0.15) is 0 Å². The van der Waals surface area contributed by atoms with Crippen LogP contribution in [-0.4, -0.2) is 43.2 Å². The Kier molecular flexibility index (Phi) is 7.63. The lowest BCUT2D eigenvalue weighted by atomic mass is 10.0. The van der Waals surface area contributed by atoms with E-state index >= 15 is 0 Å². The third-order valence-corrected chi connectivity index (χ3v) is 6.56. The zero-order chi connectivity index (χ0) is 28.1. The Morgan fingerprint density at radius 3 is 2.25 bits per heavy atom. The molecule has 0 spiro atoms. The predicted octanol–water partition coefficient (Wildman–Crippen LogP) is 4.28. The van der Waals surface area contributed by atoms with E-state index in [-0.39, 0.29) is 29.6 Å². The average Bonchev–Trinajstić information content (AvgIpc) is 2.98. The molecule has 0 fully saturated rings. The van der Waals surface area contributed by atoms with Gasteiger partial charge in [-0.15, -0.1) is 0 Å². The van der Waals surface area contributed by atoms with Gasteiger partial charge in [0.05, 0.1) is 17.6 Å². The molecule has 0 bridgehead atoms. The van der Waals surface area contributed by atoms with Gasteiger partial charge in [0.15, 0.2) is 11.4 Å². The summed E-state index contributed by atoms with van der Waals surface area (Å²) in [6.45, 7) is 0.160. The van der Waals surface area contributed by atoms with Crippen molar-refractivity contribution in [3.8, 4) is 28.1 Å². The Balaban J connectivity index is 1.78. The minimum absolute atomic E-state index is 0.135. The van der Waals surface area contributed by atoms with Crippen LogP contribution in [0.3, 0.4) is 0 Å². The summed E-state index contributed by atoms with van der Waals surface area (Å²) in [6.07, 6.45) is 3.41. The van der Waals surface area contributed by atoms with E-state index in [9.17, 15) is 19.5 Å². The molecule has 3 N–H and O–H groups in total. The first kappa shape index (κ1) is 26.3. The second-order valence-electron chi connectivity index (χ2n) is 9.17. The van der Waals surface area contributed by atoms with Crippen LogP contribution in [0.1, 0.15) is 22.5 Å². The summed E-state index contributed by atoms with van der Waals surface area (Å²) >= 11 is 0. The van der Waals surface area contributed by atoms with Crippen molar-refractivity contribution >= 4 is 22.8 Å². The topological polar surface area (TPSA) is 134 Å². The second-order valence-corrected chi connectivity index (χ2v) is 9.17. The summed E-state index contributed by atoms with van der Waals surface area (Å²) in [5.41, 5.74) is 2.83. The molecular weight excluding hydrogens is 508 g/mol. The van der Waals surface area contributed by atoms with Gasteiger partial charge < -0.3 is 20.1 Å². The Labute approximate surface area is 229 Å². The summed E-state index contributed by atoms with van der Waals surface area (Å²) in [6, 6.07) is 23.9. The van der Waals surface area contributed by atoms with Crippen LogP contribution in [0.2, 0.25) is 0 Å². The van der Waals surface area contributed by atoms with Gasteiger partial charge >= 0.3 is 5.97 Å².